The number of fused-ring (bicyclic) bond motifs is 1. The van der Waals surface area contributed by atoms with E-state index in [4.69, 9.17) is 9.47 Å². The number of pyridine rings is 1. The molecule has 0 unspecified atom stereocenters. The summed E-state index contributed by atoms with van der Waals surface area (Å²) in [6, 6.07) is 19.2. The molecule has 0 spiro atoms. The summed E-state index contributed by atoms with van der Waals surface area (Å²) in [6.45, 7) is 5.39. The first-order valence-electron chi connectivity index (χ1n) is 7.78. The highest BCUT2D eigenvalue weighted by molar-refractivity contribution is 5.81. The third-order valence-corrected chi connectivity index (χ3v) is 3.32. The molecule has 122 valence electrons. The minimum absolute atomic E-state index is 0.428. The molecule has 2 aromatic carbocycles. The van der Waals surface area contributed by atoms with Gasteiger partial charge < -0.3 is 9.47 Å². The van der Waals surface area contributed by atoms with Gasteiger partial charge in [0.1, 0.15) is 11.4 Å². The fourth-order valence-electron chi connectivity index (χ4n) is 2.31. The Labute approximate surface area is 141 Å². The second-order valence-electron chi connectivity index (χ2n) is 6.48. The largest absolute Gasteiger partial charge is 0.514 e. The Hall–Kier alpha value is -2.88. The Bertz CT molecular complexity index is 881. The Morgan fingerprint density at radius 1 is 0.958 bits per heavy atom. The second-order valence-corrected chi connectivity index (χ2v) is 6.48. The van der Waals surface area contributed by atoms with Crippen molar-refractivity contribution in [3.63, 3.8) is 0 Å². The lowest BCUT2D eigenvalue weighted by Crippen LogP contribution is -2.25. The van der Waals surface area contributed by atoms with Crippen molar-refractivity contribution in [1.82, 2.24) is 4.98 Å². The summed E-state index contributed by atoms with van der Waals surface area (Å²) >= 11 is 0. The maximum atomic E-state index is 11.8. The number of nitrogens with zero attached hydrogens (tertiary/aromatic N) is 1. The van der Waals surface area contributed by atoms with Crippen molar-refractivity contribution < 1.29 is 14.3 Å². The zero-order valence-electron chi connectivity index (χ0n) is 13.9. The van der Waals surface area contributed by atoms with E-state index in [0.29, 0.717) is 5.75 Å². The van der Waals surface area contributed by atoms with Gasteiger partial charge in [0.2, 0.25) is 0 Å². The van der Waals surface area contributed by atoms with E-state index in [1.165, 1.54) is 0 Å². The minimum Gasteiger partial charge on any atom is -0.428 e. The van der Waals surface area contributed by atoms with Crippen LogP contribution >= 0.6 is 0 Å². The number of aromatic nitrogens is 1. The lowest BCUT2D eigenvalue weighted by atomic mass is 10.1. The third-order valence-electron chi connectivity index (χ3n) is 3.32. The van der Waals surface area contributed by atoms with Crippen LogP contribution in [0.4, 0.5) is 4.79 Å². The van der Waals surface area contributed by atoms with Gasteiger partial charge in [0.25, 0.3) is 0 Å². The molecular weight excluding hydrogens is 302 g/mol. The van der Waals surface area contributed by atoms with Crippen LogP contribution in [0, 0.1) is 0 Å². The molecule has 4 heteroatoms. The van der Waals surface area contributed by atoms with E-state index in [2.05, 4.69) is 4.98 Å². The first kappa shape index (κ1) is 16.0. The summed E-state index contributed by atoms with van der Waals surface area (Å²) in [7, 11) is 0. The van der Waals surface area contributed by atoms with Crippen LogP contribution in [0.3, 0.4) is 0 Å². The lowest BCUT2D eigenvalue weighted by molar-refractivity contribution is 0.0206. The molecule has 0 radical (unpaired) electrons. The molecule has 1 heterocycles. The van der Waals surface area contributed by atoms with Gasteiger partial charge in [-0.1, -0.05) is 36.4 Å². The monoisotopic (exact) mass is 321 g/mol. The average molecular weight is 321 g/mol. The van der Waals surface area contributed by atoms with Gasteiger partial charge >= 0.3 is 6.16 Å². The van der Waals surface area contributed by atoms with Crippen LogP contribution in [-0.4, -0.2) is 16.7 Å². The number of hydrogen-bond donors (Lipinski definition) is 0. The molecule has 0 aliphatic carbocycles. The van der Waals surface area contributed by atoms with Gasteiger partial charge in [-0.05, 0) is 45.0 Å². The Morgan fingerprint density at radius 2 is 1.75 bits per heavy atom. The Balaban J connectivity index is 1.85. The molecule has 4 nitrogen and oxygen atoms in total. The minimum atomic E-state index is -0.717. The van der Waals surface area contributed by atoms with E-state index < -0.39 is 11.8 Å². The quantitative estimate of drug-likeness (QED) is 0.480. The highest BCUT2D eigenvalue weighted by Crippen LogP contribution is 2.25. The average Bonchev–Trinajstić information content (AvgIpc) is 2.53. The molecule has 0 bridgehead atoms. The second kappa shape index (κ2) is 6.32. The molecular formula is C20H19NO3. The van der Waals surface area contributed by atoms with E-state index in [0.717, 1.165) is 22.2 Å². The molecule has 1 aromatic heterocycles. The van der Waals surface area contributed by atoms with Gasteiger partial charge in [0.05, 0.1) is 11.2 Å². The SMILES string of the molecule is CC(C)(C)OC(=O)Oc1cccc(-c2ccc3ccccc3n2)c1. The summed E-state index contributed by atoms with van der Waals surface area (Å²) in [5, 5.41) is 1.09. The summed E-state index contributed by atoms with van der Waals surface area (Å²) in [5.41, 5.74) is 2.04. The molecule has 24 heavy (non-hydrogen) atoms. The zero-order chi connectivity index (χ0) is 17.2. The molecule has 0 saturated heterocycles. The van der Waals surface area contributed by atoms with Crippen LogP contribution in [0.1, 0.15) is 20.8 Å². The maximum Gasteiger partial charge on any atom is 0.514 e. The van der Waals surface area contributed by atoms with E-state index in [1.807, 2.05) is 48.5 Å². The first-order valence-corrected chi connectivity index (χ1v) is 7.78. The molecule has 0 fully saturated rings. The summed E-state index contributed by atoms with van der Waals surface area (Å²) in [5.74, 6) is 0.428. The van der Waals surface area contributed by atoms with Gasteiger partial charge in [0.15, 0.2) is 0 Å². The number of para-hydroxylation sites is 1. The van der Waals surface area contributed by atoms with E-state index >= 15 is 0 Å². The van der Waals surface area contributed by atoms with Crippen LogP contribution in [-0.2, 0) is 4.74 Å². The normalized spacial score (nSPS) is 11.3. The first-order chi connectivity index (χ1) is 11.4. The van der Waals surface area contributed by atoms with Crippen molar-refractivity contribution in [2.75, 3.05) is 0 Å². The molecule has 0 saturated carbocycles. The summed E-state index contributed by atoms with van der Waals surface area (Å²) in [6.07, 6.45) is -0.717. The van der Waals surface area contributed by atoms with Crippen molar-refractivity contribution in [3.8, 4) is 17.0 Å². The van der Waals surface area contributed by atoms with E-state index in [1.54, 1.807) is 32.9 Å². The van der Waals surface area contributed by atoms with Crippen molar-refractivity contribution in [2.45, 2.75) is 26.4 Å². The van der Waals surface area contributed by atoms with Crippen LogP contribution in [0.2, 0.25) is 0 Å². The Morgan fingerprint density at radius 3 is 2.54 bits per heavy atom. The van der Waals surface area contributed by atoms with Crippen LogP contribution in [0.5, 0.6) is 5.75 Å². The fourth-order valence-corrected chi connectivity index (χ4v) is 2.31. The number of hydrogen-bond acceptors (Lipinski definition) is 4. The molecule has 0 aliphatic rings. The van der Waals surface area contributed by atoms with E-state index in [9.17, 15) is 4.79 Å². The zero-order valence-corrected chi connectivity index (χ0v) is 13.9. The standard InChI is InChI=1S/C20H19NO3/c1-20(2,3)24-19(22)23-16-9-6-8-15(13-16)18-12-11-14-7-4-5-10-17(14)21-18/h4-13H,1-3H3. The topological polar surface area (TPSA) is 48.4 Å². The summed E-state index contributed by atoms with van der Waals surface area (Å²) < 4.78 is 10.4. The van der Waals surface area contributed by atoms with E-state index in [-0.39, 0.29) is 0 Å². The number of benzene rings is 2. The van der Waals surface area contributed by atoms with Crippen molar-refractivity contribution in [2.24, 2.45) is 0 Å². The third kappa shape index (κ3) is 3.90. The maximum absolute atomic E-state index is 11.8. The molecule has 0 amide bonds. The Kier molecular flexibility index (Phi) is 4.21. The molecule has 3 aromatic rings. The van der Waals surface area contributed by atoms with Crippen molar-refractivity contribution in [3.05, 3.63) is 60.7 Å². The van der Waals surface area contributed by atoms with Crippen LogP contribution in [0.15, 0.2) is 60.7 Å². The van der Waals surface area contributed by atoms with Gasteiger partial charge in [0, 0.05) is 10.9 Å². The highest BCUT2D eigenvalue weighted by atomic mass is 16.7. The fraction of sp³-hybridized carbons (Fsp3) is 0.200. The summed E-state index contributed by atoms with van der Waals surface area (Å²) in [4.78, 5) is 16.4. The van der Waals surface area contributed by atoms with Gasteiger partial charge in [-0.2, -0.15) is 0 Å². The molecule has 3 rings (SSSR count). The number of carbonyl (C=O) groups excluding carboxylic acids is 1. The molecule has 0 N–H and O–H groups in total. The lowest BCUT2D eigenvalue weighted by Gasteiger charge is -2.18. The number of ether oxygens (including phenoxy) is 2. The van der Waals surface area contributed by atoms with Crippen molar-refractivity contribution >= 4 is 17.1 Å². The highest BCUT2D eigenvalue weighted by Gasteiger charge is 2.18. The van der Waals surface area contributed by atoms with Gasteiger partial charge in [-0.3, -0.25) is 0 Å². The molecule has 0 aliphatic heterocycles. The van der Waals surface area contributed by atoms with Crippen LogP contribution < -0.4 is 4.74 Å². The number of carbonyl (C=O) groups is 1. The van der Waals surface area contributed by atoms with Crippen LogP contribution in [0.25, 0.3) is 22.2 Å². The predicted octanol–water partition coefficient (Wildman–Crippen LogP) is 5.22. The number of rotatable bonds is 2. The van der Waals surface area contributed by atoms with Gasteiger partial charge in [-0.15, -0.1) is 0 Å². The van der Waals surface area contributed by atoms with Gasteiger partial charge in [-0.25, -0.2) is 9.78 Å². The smallest absolute Gasteiger partial charge is 0.428 e. The predicted molar refractivity (Wildman–Crippen MR) is 94.0 cm³/mol. The van der Waals surface area contributed by atoms with Crippen molar-refractivity contribution in [1.29, 1.82) is 0 Å². The molecule has 0 atom stereocenters.